The Bertz CT molecular complexity index is 614. The van der Waals surface area contributed by atoms with E-state index in [1.165, 1.54) is 18.7 Å². The van der Waals surface area contributed by atoms with Crippen molar-refractivity contribution in [1.29, 1.82) is 0 Å². The molecule has 1 saturated heterocycles. The van der Waals surface area contributed by atoms with Gasteiger partial charge in [-0.1, -0.05) is 19.1 Å². The first-order valence-corrected chi connectivity index (χ1v) is 8.98. The van der Waals surface area contributed by atoms with Gasteiger partial charge in [0.05, 0.1) is 17.2 Å². The highest BCUT2D eigenvalue weighted by molar-refractivity contribution is 8.00. The highest BCUT2D eigenvalue weighted by atomic mass is 32.2. The number of carboxylic acids is 1. The monoisotopic (exact) mass is 350 g/mol. The molecule has 2 N–H and O–H groups in total. The van der Waals surface area contributed by atoms with Crippen molar-refractivity contribution in [3.63, 3.8) is 0 Å². The molecule has 0 aromatic heterocycles. The number of thioether (sulfide) groups is 1. The maximum absolute atomic E-state index is 12.3. The number of amides is 2. The number of carbonyl (C=O) groups excluding carboxylic acids is 2. The van der Waals surface area contributed by atoms with Gasteiger partial charge in [-0.15, -0.1) is 11.8 Å². The third-order valence-corrected chi connectivity index (χ3v) is 4.99. The maximum Gasteiger partial charge on any atom is 0.308 e. The van der Waals surface area contributed by atoms with Crippen LogP contribution >= 0.6 is 11.8 Å². The van der Waals surface area contributed by atoms with Gasteiger partial charge in [0.25, 0.3) is 5.91 Å². The largest absolute Gasteiger partial charge is 0.481 e. The fraction of sp³-hybridized carbons (Fsp3) is 0.471. The van der Waals surface area contributed by atoms with Crippen LogP contribution in [0.4, 0.5) is 0 Å². The Balaban J connectivity index is 1.94. The van der Waals surface area contributed by atoms with E-state index < -0.39 is 11.9 Å². The molecule has 1 heterocycles. The third-order valence-electron chi connectivity index (χ3n) is 3.93. The van der Waals surface area contributed by atoms with Gasteiger partial charge in [0.2, 0.25) is 5.91 Å². The standard InChI is InChI=1S/C17H22N2O4S/c1-12(17(22)23)10-18-16(21)13-6-2-3-7-14(13)24-11-15(20)19-8-4-5-9-19/h2-3,6-7,12H,4-5,8-11H2,1H3,(H,18,21)(H,22,23). The van der Waals surface area contributed by atoms with Crippen LogP contribution in [-0.2, 0) is 9.59 Å². The number of benzene rings is 1. The molecule has 0 saturated carbocycles. The summed E-state index contributed by atoms with van der Waals surface area (Å²) in [6.07, 6.45) is 2.11. The van der Waals surface area contributed by atoms with Crippen LogP contribution < -0.4 is 5.32 Å². The lowest BCUT2D eigenvalue weighted by Crippen LogP contribution is -2.32. The molecule has 0 bridgehead atoms. The number of hydrogen-bond acceptors (Lipinski definition) is 4. The van der Waals surface area contributed by atoms with Crippen molar-refractivity contribution in [3.8, 4) is 0 Å². The van der Waals surface area contributed by atoms with Crippen molar-refractivity contribution in [3.05, 3.63) is 29.8 Å². The fourth-order valence-electron chi connectivity index (χ4n) is 2.41. The Morgan fingerprint density at radius 3 is 2.58 bits per heavy atom. The predicted octanol–water partition coefficient (Wildman–Crippen LogP) is 1.85. The van der Waals surface area contributed by atoms with Crippen molar-refractivity contribution >= 4 is 29.5 Å². The maximum atomic E-state index is 12.3. The summed E-state index contributed by atoms with van der Waals surface area (Å²) in [6, 6.07) is 7.06. The minimum absolute atomic E-state index is 0.0693. The molecule has 1 unspecified atom stereocenters. The molecule has 1 atom stereocenters. The topological polar surface area (TPSA) is 86.7 Å². The summed E-state index contributed by atoms with van der Waals surface area (Å²) in [5, 5.41) is 11.5. The second-order valence-electron chi connectivity index (χ2n) is 5.82. The van der Waals surface area contributed by atoms with Crippen molar-refractivity contribution < 1.29 is 19.5 Å². The second kappa shape index (κ2) is 8.73. The molecule has 7 heteroatoms. The molecule has 0 aliphatic carbocycles. The number of aliphatic carboxylic acids is 1. The van der Waals surface area contributed by atoms with E-state index in [9.17, 15) is 14.4 Å². The number of carbonyl (C=O) groups is 3. The summed E-state index contributed by atoms with van der Waals surface area (Å²) in [7, 11) is 0. The van der Waals surface area contributed by atoms with E-state index in [1.54, 1.807) is 18.2 Å². The summed E-state index contributed by atoms with van der Waals surface area (Å²) in [6.45, 7) is 3.24. The van der Waals surface area contributed by atoms with Crippen LogP contribution in [0.3, 0.4) is 0 Å². The molecular weight excluding hydrogens is 328 g/mol. The molecule has 1 aliphatic rings. The quantitative estimate of drug-likeness (QED) is 0.733. The van der Waals surface area contributed by atoms with Crippen LogP contribution in [-0.4, -0.2) is 53.2 Å². The van der Waals surface area contributed by atoms with Gasteiger partial charge < -0.3 is 15.3 Å². The lowest BCUT2D eigenvalue weighted by atomic mass is 10.1. The molecule has 1 aliphatic heterocycles. The lowest BCUT2D eigenvalue weighted by Gasteiger charge is -2.15. The van der Waals surface area contributed by atoms with E-state index in [4.69, 9.17) is 5.11 Å². The van der Waals surface area contributed by atoms with Crippen LogP contribution in [0.2, 0.25) is 0 Å². The molecule has 130 valence electrons. The minimum atomic E-state index is -0.950. The summed E-state index contributed by atoms with van der Waals surface area (Å²) in [5.74, 6) is -1.53. The SMILES string of the molecule is CC(CNC(=O)c1ccccc1SCC(=O)N1CCCC1)C(=O)O. The van der Waals surface area contributed by atoms with E-state index in [0.717, 1.165) is 30.8 Å². The molecule has 1 aromatic rings. The van der Waals surface area contributed by atoms with Gasteiger partial charge in [-0.05, 0) is 25.0 Å². The number of likely N-dealkylation sites (tertiary alicyclic amines) is 1. The molecule has 2 amide bonds. The molecule has 6 nitrogen and oxygen atoms in total. The molecule has 1 fully saturated rings. The number of nitrogens with one attached hydrogen (secondary N) is 1. The Hall–Kier alpha value is -2.02. The van der Waals surface area contributed by atoms with E-state index in [-0.39, 0.29) is 18.4 Å². The van der Waals surface area contributed by atoms with Crippen molar-refractivity contribution in [2.24, 2.45) is 5.92 Å². The highest BCUT2D eigenvalue weighted by Crippen LogP contribution is 2.23. The minimum Gasteiger partial charge on any atom is -0.481 e. The zero-order valence-electron chi connectivity index (χ0n) is 13.7. The normalized spacial score (nSPS) is 15.1. The van der Waals surface area contributed by atoms with Crippen molar-refractivity contribution in [2.75, 3.05) is 25.4 Å². The van der Waals surface area contributed by atoms with E-state index in [1.807, 2.05) is 11.0 Å². The van der Waals surface area contributed by atoms with Gasteiger partial charge >= 0.3 is 5.97 Å². The molecule has 0 radical (unpaired) electrons. The first-order chi connectivity index (χ1) is 11.5. The number of rotatable bonds is 7. The van der Waals surface area contributed by atoms with Gasteiger partial charge in [-0.25, -0.2) is 0 Å². The Labute approximate surface area is 145 Å². The van der Waals surface area contributed by atoms with Crippen molar-refractivity contribution in [2.45, 2.75) is 24.7 Å². The van der Waals surface area contributed by atoms with Crippen LogP contribution in [0.15, 0.2) is 29.2 Å². The summed E-state index contributed by atoms with van der Waals surface area (Å²) < 4.78 is 0. The van der Waals surface area contributed by atoms with Crippen LogP contribution in [0.1, 0.15) is 30.1 Å². The lowest BCUT2D eigenvalue weighted by molar-refractivity contribution is -0.140. The van der Waals surface area contributed by atoms with Gasteiger partial charge in [-0.2, -0.15) is 0 Å². The average Bonchev–Trinajstić information content (AvgIpc) is 3.12. The second-order valence-corrected chi connectivity index (χ2v) is 6.84. The van der Waals surface area contributed by atoms with E-state index in [0.29, 0.717) is 11.3 Å². The van der Waals surface area contributed by atoms with Crippen LogP contribution in [0.5, 0.6) is 0 Å². The van der Waals surface area contributed by atoms with Gasteiger partial charge in [0.1, 0.15) is 0 Å². The van der Waals surface area contributed by atoms with Gasteiger partial charge in [0, 0.05) is 24.5 Å². The average molecular weight is 350 g/mol. The third kappa shape index (κ3) is 4.99. The number of carboxylic acid groups (broad SMARTS) is 1. The first kappa shape index (κ1) is 18.3. The summed E-state index contributed by atoms with van der Waals surface area (Å²) >= 11 is 1.34. The molecule has 1 aromatic carbocycles. The first-order valence-electron chi connectivity index (χ1n) is 7.99. The fourth-order valence-corrected chi connectivity index (χ4v) is 3.36. The number of nitrogens with zero attached hydrogens (tertiary/aromatic N) is 1. The molecule has 2 rings (SSSR count). The van der Waals surface area contributed by atoms with E-state index >= 15 is 0 Å². The molecular formula is C17H22N2O4S. The number of hydrogen-bond donors (Lipinski definition) is 2. The van der Waals surface area contributed by atoms with Gasteiger partial charge in [-0.3, -0.25) is 14.4 Å². The van der Waals surface area contributed by atoms with E-state index in [2.05, 4.69) is 5.32 Å². The van der Waals surface area contributed by atoms with Crippen molar-refractivity contribution in [1.82, 2.24) is 10.2 Å². The van der Waals surface area contributed by atoms with Crippen LogP contribution in [0.25, 0.3) is 0 Å². The Kier molecular flexibility index (Phi) is 6.66. The highest BCUT2D eigenvalue weighted by Gasteiger charge is 2.19. The Morgan fingerprint density at radius 2 is 1.92 bits per heavy atom. The van der Waals surface area contributed by atoms with Crippen LogP contribution in [0, 0.1) is 5.92 Å². The summed E-state index contributed by atoms with van der Waals surface area (Å²) in [5.41, 5.74) is 0.467. The Morgan fingerprint density at radius 1 is 1.25 bits per heavy atom. The zero-order chi connectivity index (χ0) is 17.5. The zero-order valence-corrected chi connectivity index (χ0v) is 14.5. The summed E-state index contributed by atoms with van der Waals surface area (Å²) in [4.78, 5) is 37.8. The molecule has 24 heavy (non-hydrogen) atoms. The smallest absolute Gasteiger partial charge is 0.308 e. The predicted molar refractivity (Wildman–Crippen MR) is 92.1 cm³/mol. The van der Waals surface area contributed by atoms with Gasteiger partial charge in [0.15, 0.2) is 0 Å². The molecule has 0 spiro atoms.